The Morgan fingerprint density at radius 2 is 1.17 bits per heavy atom. The lowest BCUT2D eigenvalue weighted by Gasteiger charge is -2.06. The number of rotatable bonds is 2. The highest BCUT2D eigenvalue weighted by Gasteiger charge is 2.15. The highest BCUT2D eigenvalue weighted by molar-refractivity contribution is 7.32. The molecule has 4 nitrogen and oxygen atoms in total. The van der Waals surface area contributed by atoms with Crippen LogP contribution in [0.2, 0.25) is 0 Å². The van der Waals surface area contributed by atoms with E-state index in [1.165, 1.54) is 0 Å². The van der Waals surface area contributed by atoms with Gasteiger partial charge < -0.3 is 12.9 Å². The van der Waals surface area contributed by atoms with E-state index in [2.05, 4.69) is 66.7 Å². The molecule has 5 aromatic carbocycles. The summed E-state index contributed by atoms with van der Waals surface area (Å²) in [6, 6.07) is 34.9. The molecule has 0 aliphatic carbocycles. The molecule has 2 aromatic heterocycles. The minimum Gasteiger partial charge on any atom is -0.390 e. The zero-order valence-corrected chi connectivity index (χ0v) is 19.8. The lowest BCUT2D eigenvalue weighted by Crippen LogP contribution is -1.87. The minimum atomic E-state index is -1.78. The van der Waals surface area contributed by atoms with Crippen LogP contribution in [0.15, 0.2) is 112 Å². The monoisotopic (exact) mass is 473 g/mol. The van der Waals surface area contributed by atoms with E-state index < -0.39 is 8.24 Å². The van der Waals surface area contributed by atoms with E-state index in [0.29, 0.717) is 5.75 Å². The molecular formula is C30H20NO3P. The molecule has 0 saturated heterocycles. The molecule has 0 radical (unpaired) electrons. The first-order chi connectivity index (χ1) is 17.2. The van der Waals surface area contributed by atoms with Gasteiger partial charge in [-0.3, -0.25) is 0 Å². The number of pyridine rings is 1. The Hall–Kier alpha value is -4.27. The normalized spacial score (nSPS) is 11.6. The van der Waals surface area contributed by atoms with Crippen molar-refractivity contribution in [3.63, 3.8) is 0 Å². The molecule has 0 spiro atoms. The number of benzene rings is 5. The van der Waals surface area contributed by atoms with Gasteiger partial charge in [0.2, 0.25) is 0 Å². The number of aromatic nitrogens is 1. The predicted molar refractivity (Wildman–Crippen MR) is 144 cm³/mol. The van der Waals surface area contributed by atoms with Gasteiger partial charge in [-0.15, -0.1) is 0 Å². The lowest BCUT2D eigenvalue weighted by atomic mass is 9.99. The zero-order chi connectivity index (χ0) is 23.4. The fourth-order valence-corrected chi connectivity index (χ4v) is 5.80. The zero-order valence-electron chi connectivity index (χ0n) is 18.9. The Balaban J connectivity index is 1.59. The van der Waals surface area contributed by atoms with Crippen LogP contribution in [0, 0.1) is 6.92 Å². The summed E-state index contributed by atoms with van der Waals surface area (Å²) in [5.41, 5.74) is 3.21. The molecule has 0 amide bonds. The summed E-state index contributed by atoms with van der Waals surface area (Å²) in [6.07, 6.45) is 0. The summed E-state index contributed by atoms with van der Waals surface area (Å²) in [5, 5.41) is 7.58. The number of fused-ring (bicyclic) bond motifs is 8. The molecule has 0 aliphatic rings. The molecule has 0 saturated carbocycles. The maximum absolute atomic E-state index is 6.47. The predicted octanol–water partition coefficient (Wildman–Crippen LogP) is 9.30. The van der Waals surface area contributed by atoms with Gasteiger partial charge in [-0.1, -0.05) is 78.9 Å². The van der Waals surface area contributed by atoms with E-state index in [0.717, 1.165) is 60.1 Å². The van der Waals surface area contributed by atoms with Crippen molar-refractivity contribution in [2.75, 3.05) is 0 Å². The third-order valence-corrected chi connectivity index (χ3v) is 7.41. The topological polar surface area (TPSA) is 48.4 Å². The van der Waals surface area contributed by atoms with Gasteiger partial charge in [0, 0.05) is 21.9 Å². The van der Waals surface area contributed by atoms with Gasteiger partial charge in [0.15, 0.2) is 5.75 Å². The number of hydrogen-bond donors (Lipinski definition) is 0. The number of aryl methyl sites for hydroxylation is 1. The van der Waals surface area contributed by atoms with Crippen LogP contribution in [0.5, 0.6) is 5.75 Å². The van der Waals surface area contributed by atoms with Gasteiger partial charge in [0.25, 0.3) is 0 Å². The van der Waals surface area contributed by atoms with Gasteiger partial charge in [0.1, 0.15) is 16.7 Å². The molecule has 0 unspecified atom stereocenters. The molecule has 7 rings (SSSR count). The maximum atomic E-state index is 6.47. The van der Waals surface area contributed by atoms with E-state index in [1.54, 1.807) is 0 Å². The van der Waals surface area contributed by atoms with Crippen LogP contribution in [0.3, 0.4) is 0 Å². The van der Waals surface area contributed by atoms with Crippen LogP contribution in [0.25, 0.3) is 54.4 Å². The highest BCUT2D eigenvalue weighted by atomic mass is 31.1. The first-order valence-electron chi connectivity index (χ1n) is 11.5. The van der Waals surface area contributed by atoms with Crippen LogP contribution >= 0.6 is 8.24 Å². The van der Waals surface area contributed by atoms with E-state index >= 15 is 0 Å². The quantitative estimate of drug-likeness (QED) is 0.251. The molecule has 168 valence electrons. The standard InChI is InChI=1S/C30H20NO3P/c1-19-13-14-22-9-6-12-27(30(22)31-19)34-35-32-25-17-15-20-7-2-4-10-23(20)28(25)29-24-11-5-3-8-21(24)16-18-26(29)33-35/h2-18H,1H3. The second kappa shape index (κ2) is 7.90. The third-order valence-electron chi connectivity index (χ3n) is 6.37. The molecule has 35 heavy (non-hydrogen) atoms. The molecule has 0 fully saturated rings. The van der Waals surface area contributed by atoms with Crippen LogP contribution in [0.1, 0.15) is 5.69 Å². The van der Waals surface area contributed by atoms with Gasteiger partial charge in [-0.05, 0) is 52.7 Å². The fraction of sp³-hybridized carbons (Fsp3) is 0.0333. The van der Waals surface area contributed by atoms with Gasteiger partial charge >= 0.3 is 8.24 Å². The summed E-state index contributed by atoms with van der Waals surface area (Å²) < 4.78 is 19.3. The van der Waals surface area contributed by atoms with Gasteiger partial charge in [-0.2, -0.15) is 0 Å². The van der Waals surface area contributed by atoms with E-state index in [-0.39, 0.29) is 0 Å². The molecule has 0 atom stereocenters. The van der Waals surface area contributed by atoms with Crippen molar-refractivity contribution >= 4 is 62.6 Å². The average molecular weight is 473 g/mol. The summed E-state index contributed by atoms with van der Waals surface area (Å²) >= 11 is 0. The van der Waals surface area contributed by atoms with Crippen molar-refractivity contribution in [3.8, 4) is 5.75 Å². The Morgan fingerprint density at radius 3 is 1.83 bits per heavy atom. The molecular weight excluding hydrogens is 453 g/mol. The largest absolute Gasteiger partial charge is 0.453 e. The van der Waals surface area contributed by atoms with Crippen molar-refractivity contribution < 1.29 is 12.9 Å². The molecule has 0 aliphatic heterocycles. The van der Waals surface area contributed by atoms with Crippen LogP contribution in [-0.4, -0.2) is 4.98 Å². The first kappa shape index (κ1) is 20.1. The molecule has 0 bridgehead atoms. The van der Waals surface area contributed by atoms with Crippen LogP contribution in [-0.2, 0) is 0 Å². The van der Waals surface area contributed by atoms with E-state index in [1.807, 2.05) is 43.3 Å². The minimum absolute atomic E-state index is 0.642. The molecule has 2 heterocycles. The van der Waals surface area contributed by atoms with Crippen LogP contribution < -0.4 is 4.52 Å². The fourth-order valence-electron chi connectivity index (χ4n) is 4.76. The first-order valence-corrected chi connectivity index (χ1v) is 12.6. The van der Waals surface area contributed by atoms with Crippen LogP contribution in [0.4, 0.5) is 0 Å². The van der Waals surface area contributed by atoms with E-state index in [9.17, 15) is 0 Å². The second-order valence-corrected chi connectivity index (χ2v) is 9.59. The molecule has 5 heteroatoms. The summed E-state index contributed by atoms with van der Waals surface area (Å²) in [5.74, 6) is 0.642. The summed E-state index contributed by atoms with van der Waals surface area (Å²) in [4.78, 5) is 4.71. The Labute approximate surface area is 202 Å². The SMILES string of the molecule is Cc1ccc2cccc(Op3oc4ccc5ccccc5c4c4c(ccc5ccccc54)o3)c2n1. The Kier molecular flexibility index (Phi) is 4.54. The van der Waals surface area contributed by atoms with Gasteiger partial charge in [-0.25, -0.2) is 4.98 Å². The summed E-state index contributed by atoms with van der Waals surface area (Å²) in [7, 11) is -1.78. The number of hydrogen-bond acceptors (Lipinski definition) is 4. The molecule has 0 N–H and O–H groups in total. The third kappa shape index (κ3) is 3.34. The Morgan fingerprint density at radius 1 is 0.600 bits per heavy atom. The van der Waals surface area contributed by atoms with Crippen molar-refractivity contribution in [2.45, 2.75) is 6.92 Å². The average Bonchev–Trinajstić information content (AvgIpc) is 3.05. The Bertz CT molecular complexity index is 1860. The summed E-state index contributed by atoms with van der Waals surface area (Å²) in [6.45, 7) is 1.98. The maximum Gasteiger partial charge on any atom is 0.453 e. The number of para-hydroxylation sites is 1. The van der Waals surface area contributed by atoms with Crippen molar-refractivity contribution in [1.82, 2.24) is 4.98 Å². The number of nitrogens with zero attached hydrogens (tertiary/aromatic N) is 1. The van der Waals surface area contributed by atoms with Crippen molar-refractivity contribution in [3.05, 3.63) is 109 Å². The lowest BCUT2D eigenvalue weighted by molar-refractivity contribution is 0.501. The highest BCUT2D eigenvalue weighted by Crippen LogP contribution is 2.42. The smallest absolute Gasteiger partial charge is 0.390 e. The van der Waals surface area contributed by atoms with E-state index in [4.69, 9.17) is 17.9 Å². The van der Waals surface area contributed by atoms with Gasteiger partial charge in [0.05, 0.1) is 0 Å². The molecule has 7 aromatic rings. The van der Waals surface area contributed by atoms with Crippen molar-refractivity contribution in [2.24, 2.45) is 0 Å². The van der Waals surface area contributed by atoms with Crippen molar-refractivity contribution in [1.29, 1.82) is 0 Å². The second-order valence-electron chi connectivity index (χ2n) is 8.60.